The molecule has 7 heteroatoms. The van der Waals surface area contributed by atoms with E-state index in [1.165, 1.54) is 17.0 Å². The molecule has 1 amide bonds. The Morgan fingerprint density at radius 1 is 1.25 bits per heavy atom. The van der Waals surface area contributed by atoms with E-state index in [2.05, 4.69) is 0 Å². The molecule has 134 valence electrons. The third-order valence-corrected chi connectivity index (χ3v) is 5.96. The number of rotatable bonds is 6. The summed E-state index contributed by atoms with van der Waals surface area (Å²) in [5.74, 6) is 0.117. The number of benzene rings is 1. The minimum atomic E-state index is -3.43. The summed E-state index contributed by atoms with van der Waals surface area (Å²) in [6, 6.07) is 5.22. The van der Waals surface area contributed by atoms with Crippen molar-refractivity contribution in [2.45, 2.75) is 39.0 Å². The van der Waals surface area contributed by atoms with Gasteiger partial charge in [-0.25, -0.2) is 8.42 Å². The van der Waals surface area contributed by atoms with Gasteiger partial charge in [-0.3, -0.25) is 9.10 Å². The van der Waals surface area contributed by atoms with Crippen LogP contribution < -0.4 is 4.31 Å². The number of amides is 1. The number of hydrogen-bond donors (Lipinski definition) is 0. The summed E-state index contributed by atoms with van der Waals surface area (Å²) in [6.45, 7) is 3.72. The molecule has 1 aliphatic heterocycles. The molecular formula is C17H25ClN2O3S. The van der Waals surface area contributed by atoms with Gasteiger partial charge in [-0.1, -0.05) is 17.7 Å². The van der Waals surface area contributed by atoms with E-state index in [1.807, 2.05) is 4.90 Å². The van der Waals surface area contributed by atoms with Gasteiger partial charge in [0.1, 0.15) is 0 Å². The number of carbonyl (C=O) groups is 1. The van der Waals surface area contributed by atoms with E-state index in [1.54, 1.807) is 25.1 Å². The van der Waals surface area contributed by atoms with Crippen molar-refractivity contribution in [3.05, 3.63) is 28.8 Å². The summed E-state index contributed by atoms with van der Waals surface area (Å²) in [6.07, 6.45) is 5.34. The van der Waals surface area contributed by atoms with E-state index in [4.69, 9.17) is 11.6 Å². The molecule has 0 atom stereocenters. The molecule has 0 aromatic heterocycles. The van der Waals surface area contributed by atoms with Crippen LogP contribution in [0.3, 0.4) is 0 Å². The summed E-state index contributed by atoms with van der Waals surface area (Å²) in [5.41, 5.74) is 1.31. The fourth-order valence-electron chi connectivity index (χ4n) is 3.01. The standard InChI is InChI=1S/C17H25ClN2O3S/c1-14-15(18)8-6-9-16(14)20(24(2,22)23)13-7-10-17(21)19-11-4-3-5-12-19/h6,8-9H,3-5,7,10-13H2,1-2H3. The van der Waals surface area contributed by atoms with Crippen LogP contribution in [0.2, 0.25) is 5.02 Å². The number of likely N-dealkylation sites (tertiary alicyclic amines) is 1. The lowest BCUT2D eigenvalue weighted by Crippen LogP contribution is -2.36. The van der Waals surface area contributed by atoms with Crippen molar-refractivity contribution in [1.82, 2.24) is 4.90 Å². The van der Waals surface area contributed by atoms with Crippen molar-refractivity contribution in [2.75, 3.05) is 30.2 Å². The maximum Gasteiger partial charge on any atom is 0.232 e. The number of anilines is 1. The fourth-order valence-corrected chi connectivity index (χ4v) is 4.19. The average molecular weight is 373 g/mol. The first-order valence-electron chi connectivity index (χ1n) is 8.31. The Kier molecular flexibility index (Phi) is 6.52. The van der Waals surface area contributed by atoms with E-state index in [0.717, 1.165) is 31.5 Å². The van der Waals surface area contributed by atoms with Gasteiger partial charge in [-0.05, 0) is 50.3 Å². The first-order chi connectivity index (χ1) is 11.3. The zero-order valence-corrected chi connectivity index (χ0v) is 15.9. The SMILES string of the molecule is Cc1c(Cl)cccc1N(CCCC(=O)N1CCCCC1)S(C)(=O)=O. The largest absolute Gasteiger partial charge is 0.343 e. The molecule has 1 heterocycles. The predicted octanol–water partition coefficient (Wildman–Crippen LogP) is 3.21. The van der Waals surface area contributed by atoms with Gasteiger partial charge in [0.2, 0.25) is 15.9 Å². The van der Waals surface area contributed by atoms with Gasteiger partial charge in [0.05, 0.1) is 11.9 Å². The van der Waals surface area contributed by atoms with Crippen molar-refractivity contribution in [2.24, 2.45) is 0 Å². The Morgan fingerprint density at radius 3 is 2.54 bits per heavy atom. The van der Waals surface area contributed by atoms with Gasteiger partial charge in [-0.2, -0.15) is 0 Å². The van der Waals surface area contributed by atoms with Crippen LogP contribution in [-0.4, -0.2) is 45.1 Å². The van der Waals surface area contributed by atoms with Gasteiger partial charge in [0.15, 0.2) is 0 Å². The van der Waals surface area contributed by atoms with E-state index >= 15 is 0 Å². The third-order valence-electron chi connectivity index (χ3n) is 4.37. The first kappa shape index (κ1) is 19.1. The molecule has 24 heavy (non-hydrogen) atoms. The number of hydrogen-bond acceptors (Lipinski definition) is 3. The zero-order valence-electron chi connectivity index (χ0n) is 14.3. The summed E-state index contributed by atoms with van der Waals surface area (Å²) in [7, 11) is -3.43. The molecule has 1 saturated heterocycles. The topological polar surface area (TPSA) is 57.7 Å². The highest BCUT2D eigenvalue weighted by Gasteiger charge is 2.21. The minimum Gasteiger partial charge on any atom is -0.343 e. The average Bonchev–Trinajstić information content (AvgIpc) is 2.54. The first-order valence-corrected chi connectivity index (χ1v) is 10.5. The Balaban J connectivity index is 2.02. The molecule has 1 fully saturated rings. The fraction of sp³-hybridized carbons (Fsp3) is 0.588. The zero-order chi connectivity index (χ0) is 17.7. The van der Waals surface area contributed by atoms with Crippen LogP contribution in [0.1, 0.15) is 37.7 Å². The second-order valence-corrected chi connectivity index (χ2v) is 8.58. The van der Waals surface area contributed by atoms with Crippen molar-refractivity contribution in [3.63, 3.8) is 0 Å². The smallest absolute Gasteiger partial charge is 0.232 e. The number of carbonyl (C=O) groups excluding carboxylic acids is 1. The van der Waals surface area contributed by atoms with Crippen LogP contribution in [0.4, 0.5) is 5.69 Å². The van der Waals surface area contributed by atoms with Crippen LogP contribution in [-0.2, 0) is 14.8 Å². The molecule has 0 spiro atoms. The highest BCUT2D eigenvalue weighted by molar-refractivity contribution is 7.92. The summed E-state index contributed by atoms with van der Waals surface area (Å²) >= 11 is 6.11. The van der Waals surface area contributed by atoms with Gasteiger partial charge < -0.3 is 4.90 Å². The second kappa shape index (κ2) is 8.21. The monoisotopic (exact) mass is 372 g/mol. The minimum absolute atomic E-state index is 0.117. The molecule has 0 saturated carbocycles. The third kappa shape index (κ3) is 4.86. The van der Waals surface area contributed by atoms with Crippen molar-refractivity contribution < 1.29 is 13.2 Å². The molecule has 0 aliphatic carbocycles. The Labute approximate surface area is 149 Å². The van der Waals surface area contributed by atoms with Crippen molar-refractivity contribution in [3.8, 4) is 0 Å². The van der Waals surface area contributed by atoms with Gasteiger partial charge >= 0.3 is 0 Å². The Hall–Kier alpha value is -1.27. The van der Waals surface area contributed by atoms with Gasteiger partial charge in [-0.15, -0.1) is 0 Å². The summed E-state index contributed by atoms with van der Waals surface area (Å²) < 4.78 is 25.7. The van der Waals surface area contributed by atoms with Gasteiger partial charge in [0.25, 0.3) is 0 Å². The molecule has 5 nitrogen and oxygen atoms in total. The maximum absolute atomic E-state index is 12.2. The van der Waals surface area contributed by atoms with Gasteiger partial charge in [0, 0.05) is 31.1 Å². The lowest BCUT2D eigenvalue weighted by atomic mass is 10.1. The van der Waals surface area contributed by atoms with E-state index in [0.29, 0.717) is 23.6 Å². The van der Waals surface area contributed by atoms with Crippen LogP contribution in [0, 0.1) is 6.92 Å². The predicted molar refractivity (Wildman–Crippen MR) is 98.0 cm³/mol. The van der Waals surface area contributed by atoms with Crippen molar-refractivity contribution >= 4 is 33.2 Å². The molecule has 1 aliphatic rings. The number of sulfonamides is 1. The molecule has 1 aromatic rings. The lowest BCUT2D eigenvalue weighted by Gasteiger charge is -2.28. The van der Waals surface area contributed by atoms with Crippen LogP contribution in [0.5, 0.6) is 0 Å². The van der Waals surface area contributed by atoms with Crippen LogP contribution >= 0.6 is 11.6 Å². The Bertz CT molecular complexity index is 685. The number of nitrogens with zero attached hydrogens (tertiary/aromatic N) is 2. The van der Waals surface area contributed by atoms with Crippen LogP contribution in [0.25, 0.3) is 0 Å². The molecule has 0 N–H and O–H groups in total. The molecule has 2 rings (SSSR count). The molecule has 0 bridgehead atoms. The molecule has 1 aromatic carbocycles. The Morgan fingerprint density at radius 2 is 1.92 bits per heavy atom. The molecular weight excluding hydrogens is 348 g/mol. The van der Waals surface area contributed by atoms with E-state index < -0.39 is 10.0 Å². The quantitative estimate of drug-likeness (QED) is 0.770. The lowest BCUT2D eigenvalue weighted by molar-refractivity contribution is -0.132. The highest BCUT2D eigenvalue weighted by Crippen LogP contribution is 2.28. The summed E-state index contributed by atoms with van der Waals surface area (Å²) in [5, 5.41) is 0.533. The molecule has 0 unspecified atom stereocenters. The molecule has 0 radical (unpaired) electrons. The summed E-state index contributed by atoms with van der Waals surface area (Å²) in [4.78, 5) is 14.1. The number of halogens is 1. The normalized spacial score (nSPS) is 15.4. The highest BCUT2D eigenvalue weighted by atomic mass is 35.5. The number of piperidine rings is 1. The second-order valence-electron chi connectivity index (χ2n) is 6.26. The van der Waals surface area contributed by atoms with E-state index in [9.17, 15) is 13.2 Å². The van der Waals surface area contributed by atoms with E-state index in [-0.39, 0.29) is 12.5 Å². The van der Waals surface area contributed by atoms with Crippen LogP contribution in [0.15, 0.2) is 18.2 Å². The van der Waals surface area contributed by atoms with Crippen molar-refractivity contribution in [1.29, 1.82) is 0 Å². The maximum atomic E-state index is 12.2.